The Balaban J connectivity index is 1.69. The van der Waals surface area contributed by atoms with Gasteiger partial charge in [0.2, 0.25) is 0 Å². The number of aryl methyl sites for hydroxylation is 1. The summed E-state index contributed by atoms with van der Waals surface area (Å²) in [7, 11) is 0. The summed E-state index contributed by atoms with van der Waals surface area (Å²) in [6, 6.07) is 3.65. The van der Waals surface area contributed by atoms with Crippen LogP contribution >= 0.6 is 0 Å². The Hall–Kier alpha value is -1.09. The fourth-order valence-electron chi connectivity index (χ4n) is 2.74. The van der Waals surface area contributed by atoms with E-state index in [1.807, 2.05) is 12.4 Å². The Bertz CT molecular complexity index is 387. The lowest BCUT2D eigenvalue weighted by Crippen LogP contribution is -2.39. The van der Waals surface area contributed by atoms with Crippen molar-refractivity contribution in [3.8, 4) is 0 Å². The summed E-state index contributed by atoms with van der Waals surface area (Å²) in [6.45, 7) is 4.50. The van der Waals surface area contributed by atoms with Crippen molar-refractivity contribution in [3.05, 3.63) is 24.0 Å². The molecule has 1 N–H and O–H groups in total. The normalized spacial score (nSPS) is 24.3. The van der Waals surface area contributed by atoms with E-state index in [2.05, 4.69) is 28.2 Å². The first-order valence-corrected chi connectivity index (χ1v) is 6.75. The van der Waals surface area contributed by atoms with Crippen LogP contribution in [0, 0.1) is 6.92 Å². The maximum atomic E-state index is 4.18. The van der Waals surface area contributed by atoms with Gasteiger partial charge in [-0.15, -0.1) is 0 Å². The number of nitrogens with one attached hydrogen (secondary N) is 1. The summed E-state index contributed by atoms with van der Waals surface area (Å²) >= 11 is 0. The number of aromatic nitrogens is 1. The maximum Gasteiger partial charge on any atom is 0.0429 e. The maximum absolute atomic E-state index is 4.18. The Morgan fingerprint density at radius 3 is 3.06 bits per heavy atom. The third-order valence-electron chi connectivity index (χ3n) is 3.90. The molecule has 17 heavy (non-hydrogen) atoms. The largest absolute Gasteiger partial charge is 0.367 e. The van der Waals surface area contributed by atoms with Crippen molar-refractivity contribution in [2.24, 2.45) is 0 Å². The van der Waals surface area contributed by atoms with Gasteiger partial charge in [0.25, 0.3) is 0 Å². The van der Waals surface area contributed by atoms with E-state index < -0.39 is 0 Å². The van der Waals surface area contributed by atoms with Gasteiger partial charge in [-0.2, -0.15) is 0 Å². The number of anilines is 1. The van der Waals surface area contributed by atoms with Gasteiger partial charge >= 0.3 is 0 Å². The quantitative estimate of drug-likeness (QED) is 0.860. The summed E-state index contributed by atoms with van der Waals surface area (Å²) in [4.78, 5) is 6.75. The average molecular weight is 231 g/mol. The van der Waals surface area contributed by atoms with Crippen LogP contribution in [0.2, 0.25) is 0 Å². The van der Waals surface area contributed by atoms with Crippen LogP contribution in [0.4, 0.5) is 5.69 Å². The molecule has 2 aliphatic rings. The SMILES string of the molecule is Cc1cnccc1N1CCCC1CNC1CC1. The molecule has 1 atom stereocenters. The van der Waals surface area contributed by atoms with E-state index >= 15 is 0 Å². The summed E-state index contributed by atoms with van der Waals surface area (Å²) < 4.78 is 0. The van der Waals surface area contributed by atoms with Gasteiger partial charge in [0.1, 0.15) is 0 Å². The van der Waals surface area contributed by atoms with E-state index in [4.69, 9.17) is 0 Å². The Morgan fingerprint density at radius 2 is 2.29 bits per heavy atom. The fourth-order valence-corrected chi connectivity index (χ4v) is 2.74. The van der Waals surface area contributed by atoms with Crippen LogP contribution in [-0.2, 0) is 0 Å². The van der Waals surface area contributed by atoms with Crippen LogP contribution in [0.5, 0.6) is 0 Å². The molecule has 1 saturated heterocycles. The first kappa shape index (κ1) is 11.0. The first-order chi connectivity index (χ1) is 8.34. The molecule has 2 fully saturated rings. The predicted octanol–water partition coefficient (Wildman–Crippen LogP) is 2.11. The molecular weight excluding hydrogens is 210 g/mol. The Morgan fingerprint density at radius 1 is 1.41 bits per heavy atom. The molecule has 1 unspecified atom stereocenters. The second-order valence-corrected chi connectivity index (χ2v) is 5.33. The molecule has 0 amide bonds. The zero-order valence-electron chi connectivity index (χ0n) is 10.5. The van der Waals surface area contributed by atoms with Gasteiger partial charge in [0, 0.05) is 43.3 Å². The summed E-state index contributed by atoms with van der Waals surface area (Å²) in [5.41, 5.74) is 2.67. The second-order valence-electron chi connectivity index (χ2n) is 5.33. The minimum atomic E-state index is 0.677. The van der Waals surface area contributed by atoms with E-state index in [1.165, 1.54) is 43.5 Å². The van der Waals surface area contributed by atoms with E-state index in [1.54, 1.807) is 0 Å². The van der Waals surface area contributed by atoms with Crippen molar-refractivity contribution >= 4 is 5.69 Å². The third kappa shape index (κ3) is 2.44. The van der Waals surface area contributed by atoms with Crippen molar-refractivity contribution < 1.29 is 0 Å². The van der Waals surface area contributed by atoms with Gasteiger partial charge in [-0.05, 0) is 44.2 Å². The molecule has 2 heterocycles. The van der Waals surface area contributed by atoms with Crippen LogP contribution in [-0.4, -0.2) is 30.2 Å². The van der Waals surface area contributed by atoms with Gasteiger partial charge < -0.3 is 10.2 Å². The van der Waals surface area contributed by atoms with Gasteiger partial charge in [0.15, 0.2) is 0 Å². The molecule has 0 bridgehead atoms. The van der Waals surface area contributed by atoms with E-state index in [0.717, 1.165) is 12.6 Å². The molecule has 1 aliphatic carbocycles. The van der Waals surface area contributed by atoms with Gasteiger partial charge in [-0.3, -0.25) is 4.98 Å². The predicted molar refractivity (Wildman–Crippen MR) is 70.4 cm³/mol. The molecule has 1 aromatic rings. The van der Waals surface area contributed by atoms with E-state index in [0.29, 0.717) is 6.04 Å². The second kappa shape index (κ2) is 4.65. The highest BCUT2D eigenvalue weighted by Gasteiger charge is 2.28. The molecular formula is C14H21N3. The number of rotatable bonds is 4. The topological polar surface area (TPSA) is 28.2 Å². The van der Waals surface area contributed by atoms with Crippen molar-refractivity contribution in [3.63, 3.8) is 0 Å². The Labute approximate surface area is 103 Å². The zero-order valence-corrected chi connectivity index (χ0v) is 10.5. The van der Waals surface area contributed by atoms with Crippen LogP contribution in [0.3, 0.4) is 0 Å². The van der Waals surface area contributed by atoms with Crippen LogP contribution in [0.25, 0.3) is 0 Å². The molecule has 3 heteroatoms. The summed E-state index contributed by atoms with van der Waals surface area (Å²) in [5.74, 6) is 0. The molecule has 0 aromatic carbocycles. The van der Waals surface area contributed by atoms with Gasteiger partial charge in [-0.25, -0.2) is 0 Å². The minimum Gasteiger partial charge on any atom is -0.367 e. The summed E-state index contributed by atoms with van der Waals surface area (Å²) in [5, 5.41) is 3.66. The van der Waals surface area contributed by atoms with E-state index in [-0.39, 0.29) is 0 Å². The molecule has 1 aliphatic heterocycles. The zero-order chi connectivity index (χ0) is 11.7. The lowest BCUT2D eigenvalue weighted by Gasteiger charge is -2.28. The fraction of sp³-hybridized carbons (Fsp3) is 0.643. The lowest BCUT2D eigenvalue weighted by molar-refractivity contribution is 0.570. The molecule has 1 saturated carbocycles. The number of hydrogen-bond donors (Lipinski definition) is 1. The van der Waals surface area contributed by atoms with E-state index in [9.17, 15) is 0 Å². The average Bonchev–Trinajstić information content (AvgIpc) is 3.06. The molecule has 0 spiro atoms. The first-order valence-electron chi connectivity index (χ1n) is 6.75. The molecule has 3 nitrogen and oxygen atoms in total. The molecule has 0 radical (unpaired) electrons. The molecule has 3 rings (SSSR count). The number of nitrogens with zero attached hydrogens (tertiary/aromatic N) is 2. The monoisotopic (exact) mass is 231 g/mol. The Kier molecular flexibility index (Phi) is 3.02. The highest BCUT2D eigenvalue weighted by molar-refractivity contribution is 5.53. The standard InChI is InChI=1S/C14H21N3/c1-11-9-15-7-6-14(11)17-8-2-3-13(17)10-16-12-4-5-12/h6-7,9,12-13,16H,2-5,8,10H2,1H3. The van der Waals surface area contributed by atoms with Crippen molar-refractivity contribution in [2.75, 3.05) is 18.0 Å². The van der Waals surface area contributed by atoms with Crippen LogP contribution in [0.15, 0.2) is 18.5 Å². The lowest BCUT2D eigenvalue weighted by atomic mass is 10.2. The van der Waals surface area contributed by atoms with Crippen molar-refractivity contribution in [1.82, 2.24) is 10.3 Å². The highest BCUT2D eigenvalue weighted by atomic mass is 15.2. The van der Waals surface area contributed by atoms with Gasteiger partial charge in [0.05, 0.1) is 0 Å². The summed E-state index contributed by atoms with van der Waals surface area (Å²) in [6.07, 6.45) is 9.27. The highest BCUT2D eigenvalue weighted by Crippen LogP contribution is 2.28. The molecule has 1 aromatic heterocycles. The van der Waals surface area contributed by atoms with Crippen molar-refractivity contribution in [1.29, 1.82) is 0 Å². The number of pyridine rings is 1. The van der Waals surface area contributed by atoms with Crippen LogP contribution < -0.4 is 10.2 Å². The molecule has 92 valence electrons. The minimum absolute atomic E-state index is 0.677. The van der Waals surface area contributed by atoms with Crippen molar-refractivity contribution in [2.45, 2.75) is 44.7 Å². The smallest absolute Gasteiger partial charge is 0.0429 e. The van der Waals surface area contributed by atoms with Gasteiger partial charge in [-0.1, -0.05) is 0 Å². The number of hydrogen-bond acceptors (Lipinski definition) is 3. The third-order valence-corrected chi connectivity index (χ3v) is 3.90. The van der Waals surface area contributed by atoms with Crippen LogP contribution in [0.1, 0.15) is 31.2 Å².